The lowest BCUT2D eigenvalue weighted by Crippen LogP contribution is -2.32. The molecule has 9 heteroatoms. The van der Waals surface area contributed by atoms with Gasteiger partial charge in [-0.3, -0.25) is 9.03 Å². The van der Waals surface area contributed by atoms with Crippen molar-refractivity contribution in [2.75, 3.05) is 42.8 Å². The van der Waals surface area contributed by atoms with E-state index in [9.17, 15) is 17.2 Å². The Balaban J connectivity index is 1.78. The van der Waals surface area contributed by atoms with Crippen molar-refractivity contribution in [3.8, 4) is 5.75 Å². The molecule has 1 N–H and O–H groups in total. The van der Waals surface area contributed by atoms with E-state index in [2.05, 4.69) is 23.2 Å². The number of unbranched alkanes of at least 4 members (excludes halogenated alkanes) is 3. The summed E-state index contributed by atoms with van der Waals surface area (Å²) >= 11 is 0. The van der Waals surface area contributed by atoms with Gasteiger partial charge in [0.15, 0.2) is 11.6 Å². The maximum atomic E-state index is 13.3. The Hall–Kier alpha value is -2.65. The van der Waals surface area contributed by atoms with Gasteiger partial charge >= 0.3 is 10.2 Å². The molecule has 2 rings (SSSR count). The first-order chi connectivity index (χ1) is 15.2. The third-order valence-electron chi connectivity index (χ3n) is 4.87. The number of likely N-dealkylation sites (N-methyl/N-ethyl adjacent to an activating group) is 1. The van der Waals surface area contributed by atoms with Crippen molar-refractivity contribution in [1.29, 1.82) is 0 Å². The molecule has 0 atom stereocenters. The van der Waals surface area contributed by atoms with Crippen LogP contribution >= 0.6 is 0 Å². The summed E-state index contributed by atoms with van der Waals surface area (Å²) in [6.07, 6.45) is 6.20. The van der Waals surface area contributed by atoms with Crippen molar-refractivity contribution in [3.05, 3.63) is 66.8 Å². The predicted octanol–water partition coefficient (Wildman–Crippen LogP) is 4.81. The average Bonchev–Trinajstić information content (AvgIpc) is 2.75. The molecule has 0 heterocycles. The Morgan fingerprint density at radius 2 is 1.69 bits per heavy atom. The second-order valence-corrected chi connectivity index (χ2v) is 9.21. The molecule has 0 aliphatic rings. The normalized spacial score (nSPS) is 11.4. The van der Waals surface area contributed by atoms with E-state index < -0.39 is 21.8 Å². The van der Waals surface area contributed by atoms with Gasteiger partial charge in [-0.1, -0.05) is 18.9 Å². The number of nitrogens with zero attached hydrogens (tertiary/aromatic N) is 2. The number of nitrogens with one attached hydrogen (secondary N) is 1. The Bertz CT molecular complexity index is 969. The van der Waals surface area contributed by atoms with E-state index in [4.69, 9.17) is 4.74 Å². The van der Waals surface area contributed by atoms with E-state index >= 15 is 0 Å². The minimum Gasteiger partial charge on any atom is -0.494 e. The third kappa shape index (κ3) is 8.12. The first kappa shape index (κ1) is 25.6. The highest BCUT2D eigenvalue weighted by Crippen LogP contribution is 2.23. The van der Waals surface area contributed by atoms with Crippen molar-refractivity contribution < 1.29 is 21.9 Å². The van der Waals surface area contributed by atoms with Gasteiger partial charge in [0.2, 0.25) is 0 Å². The van der Waals surface area contributed by atoms with Crippen molar-refractivity contribution in [2.24, 2.45) is 0 Å². The van der Waals surface area contributed by atoms with Gasteiger partial charge in [0, 0.05) is 19.7 Å². The molecule has 0 aromatic heterocycles. The van der Waals surface area contributed by atoms with Crippen LogP contribution in [0.15, 0.2) is 55.1 Å². The Morgan fingerprint density at radius 1 is 1.00 bits per heavy atom. The molecule has 2 aromatic carbocycles. The van der Waals surface area contributed by atoms with E-state index in [1.807, 2.05) is 6.08 Å². The van der Waals surface area contributed by atoms with Crippen LogP contribution < -0.4 is 13.8 Å². The molecule has 2 aromatic rings. The maximum absolute atomic E-state index is 13.3. The summed E-state index contributed by atoms with van der Waals surface area (Å²) in [5.74, 6) is -1.53. The van der Waals surface area contributed by atoms with Crippen molar-refractivity contribution in [1.82, 2.24) is 4.90 Å². The van der Waals surface area contributed by atoms with Crippen LogP contribution in [0.1, 0.15) is 25.7 Å². The largest absolute Gasteiger partial charge is 0.494 e. The van der Waals surface area contributed by atoms with Crippen molar-refractivity contribution in [3.63, 3.8) is 0 Å². The van der Waals surface area contributed by atoms with Crippen LogP contribution in [0.3, 0.4) is 0 Å². The predicted molar refractivity (Wildman–Crippen MR) is 125 cm³/mol. The molecule has 176 valence electrons. The number of hydrogen-bond donors (Lipinski definition) is 1. The molecule has 0 saturated heterocycles. The lowest BCUT2D eigenvalue weighted by Gasteiger charge is -2.20. The van der Waals surface area contributed by atoms with Crippen molar-refractivity contribution >= 4 is 21.6 Å². The van der Waals surface area contributed by atoms with Gasteiger partial charge in [0.25, 0.3) is 0 Å². The van der Waals surface area contributed by atoms with Crippen LogP contribution in [0.4, 0.5) is 20.2 Å². The molecule has 0 radical (unpaired) electrons. The van der Waals surface area contributed by atoms with E-state index in [0.717, 1.165) is 61.3 Å². The molecule has 0 fully saturated rings. The third-order valence-corrected chi connectivity index (χ3v) is 6.30. The van der Waals surface area contributed by atoms with Crippen LogP contribution in [0.2, 0.25) is 0 Å². The Labute approximate surface area is 189 Å². The van der Waals surface area contributed by atoms with Crippen LogP contribution in [0, 0.1) is 11.6 Å². The number of anilines is 2. The van der Waals surface area contributed by atoms with Gasteiger partial charge in [0.1, 0.15) is 5.75 Å². The highest BCUT2D eigenvalue weighted by molar-refractivity contribution is 7.94. The molecule has 0 amide bonds. The first-order valence-electron chi connectivity index (χ1n) is 10.5. The zero-order valence-corrected chi connectivity index (χ0v) is 19.4. The SMILES string of the molecule is C=CCN(C)CCCCCCOc1ccc(N(C)S(=O)(=O)Nc2ccc(F)c(F)c2)cc1. The Kier molecular flexibility index (Phi) is 9.93. The molecule has 0 aliphatic heterocycles. The molecule has 32 heavy (non-hydrogen) atoms. The molecule has 0 spiro atoms. The molecule has 0 unspecified atom stereocenters. The van der Waals surface area contributed by atoms with E-state index in [1.54, 1.807) is 24.3 Å². The molecule has 0 bridgehead atoms. The van der Waals surface area contributed by atoms with Crippen LogP contribution in [0.25, 0.3) is 0 Å². The smallest absolute Gasteiger partial charge is 0.323 e. The van der Waals surface area contributed by atoms with Gasteiger partial charge < -0.3 is 9.64 Å². The van der Waals surface area contributed by atoms with Gasteiger partial charge in [0.05, 0.1) is 18.0 Å². The van der Waals surface area contributed by atoms with Gasteiger partial charge in [-0.25, -0.2) is 8.78 Å². The minimum absolute atomic E-state index is 0.0666. The number of ether oxygens (including phenoxy) is 1. The summed E-state index contributed by atoms with van der Waals surface area (Å²) in [7, 11) is -0.559. The van der Waals surface area contributed by atoms with Gasteiger partial charge in [-0.2, -0.15) is 8.42 Å². The molecule has 0 saturated carbocycles. The van der Waals surface area contributed by atoms with Crippen LogP contribution in [-0.4, -0.2) is 47.1 Å². The fraction of sp³-hybridized carbons (Fsp3) is 0.391. The average molecular weight is 468 g/mol. The van der Waals surface area contributed by atoms with Crippen LogP contribution in [-0.2, 0) is 10.2 Å². The zero-order chi connectivity index (χ0) is 23.6. The van der Waals surface area contributed by atoms with Crippen LogP contribution in [0.5, 0.6) is 5.75 Å². The summed E-state index contributed by atoms with van der Waals surface area (Å²) < 4.78 is 60.4. The summed E-state index contributed by atoms with van der Waals surface area (Å²) in [4.78, 5) is 2.23. The number of rotatable bonds is 14. The number of halogens is 2. The highest BCUT2D eigenvalue weighted by atomic mass is 32.2. The summed E-state index contributed by atoms with van der Waals surface area (Å²) in [6.45, 7) is 6.27. The summed E-state index contributed by atoms with van der Waals surface area (Å²) in [6, 6.07) is 9.44. The fourth-order valence-electron chi connectivity index (χ4n) is 3.01. The van der Waals surface area contributed by atoms with Crippen molar-refractivity contribution in [2.45, 2.75) is 25.7 Å². The molecular formula is C23H31F2N3O3S. The summed E-state index contributed by atoms with van der Waals surface area (Å²) in [5.41, 5.74) is 0.333. The first-order valence-corrected chi connectivity index (χ1v) is 11.9. The fourth-order valence-corrected chi connectivity index (χ4v) is 3.97. The minimum atomic E-state index is -4.00. The lowest BCUT2D eigenvalue weighted by molar-refractivity contribution is 0.300. The van der Waals surface area contributed by atoms with E-state index in [0.29, 0.717) is 18.0 Å². The standard InChI is InChI=1S/C23H31F2N3O3S/c1-4-15-27(2)16-7-5-6-8-17-31-21-12-10-20(11-13-21)28(3)32(29,30)26-19-9-14-22(24)23(25)18-19/h4,9-14,18,26H,1,5-8,15-17H2,2-3H3. The monoisotopic (exact) mass is 467 g/mol. The molecule has 0 aliphatic carbocycles. The second kappa shape index (κ2) is 12.4. The van der Waals surface area contributed by atoms with Gasteiger partial charge in [-0.15, -0.1) is 6.58 Å². The topological polar surface area (TPSA) is 61.9 Å². The summed E-state index contributed by atoms with van der Waals surface area (Å²) in [5, 5.41) is 0. The Morgan fingerprint density at radius 3 is 2.34 bits per heavy atom. The van der Waals surface area contributed by atoms with Gasteiger partial charge in [-0.05, 0) is 62.8 Å². The zero-order valence-electron chi connectivity index (χ0n) is 18.6. The van der Waals surface area contributed by atoms with E-state index in [1.165, 1.54) is 7.05 Å². The maximum Gasteiger partial charge on any atom is 0.323 e. The lowest BCUT2D eigenvalue weighted by atomic mass is 10.2. The quantitative estimate of drug-likeness (QED) is 0.320. The van der Waals surface area contributed by atoms with E-state index in [-0.39, 0.29) is 5.69 Å². The highest BCUT2D eigenvalue weighted by Gasteiger charge is 2.19. The second-order valence-electron chi connectivity index (χ2n) is 7.51. The molecular weight excluding hydrogens is 436 g/mol. The number of hydrogen-bond acceptors (Lipinski definition) is 4. The number of benzene rings is 2. The molecule has 6 nitrogen and oxygen atoms in total.